The first-order valence-corrected chi connectivity index (χ1v) is 31.4. The van der Waals surface area contributed by atoms with E-state index in [-0.39, 0.29) is 31.1 Å². The lowest BCUT2D eigenvalue weighted by molar-refractivity contribution is -0.167. The molecule has 0 radical (unpaired) electrons. The summed E-state index contributed by atoms with van der Waals surface area (Å²) in [6.45, 7) is 6.61. The Labute approximate surface area is 453 Å². The SMILES string of the molecule is CCCCC/C=C\C/C=C\CCCCCCCCCC(=O)OC(COC(=O)CCCCCCC/C=C\CCCCCCCC)COC(=O)CCCCCCCCCC/C=C\C/C=C\C/C=C\CCCCCCC. The van der Waals surface area contributed by atoms with Gasteiger partial charge in [0.15, 0.2) is 6.10 Å². The highest BCUT2D eigenvalue weighted by Crippen LogP contribution is 2.15. The second kappa shape index (κ2) is 61.4. The number of allylic oxidation sites excluding steroid dienone is 12. The minimum atomic E-state index is -0.787. The van der Waals surface area contributed by atoms with Crippen LogP contribution in [0.4, 0.5) is 0 Å². The van der Waals surface area contributed by atoms with Crippen molar-refractivity contribution >= 4 is 17.9 Å². The predicted molar refractivity (Wildman–Crippen MR) is 316 cm³/mol. The molecule has 0 aromatic rings. The maximum absolute atomic E-state index is 12.9. The molecule has 6 nitrogen and oxygen atoms in total. The predicted octanol–water partition coefficient (Wildman–Crippen LogP) is 21.3. The molecule has 0 heterocycles. The van der Waals surface area contributed by atoms with Crippen LogP contribution in [0, 0.1) is 0 Å². The van der Waals surface area contributed by atoms with Crippen molar-refractivity contribution in [3.05, 3.63) is 72.9 Å². The van der Waals surface area contributed by atoms with Gasteiger partial charge >= 0.3 is 17.9 Å². The Bertz CT molecular complexity index is 1360. The smallest absolute Gasteiger partial charge is 0.306 e. The minimum Gasteiger partial charge on any atom is -0.462 e. The van der Waals surface area contributed by atoms with Crippen molar-refractivity contribution in [3.8, 4) is 0 Å². The van der Waals surface area contributed by atoms with Gasteiger partial charge in [0, 0.05) is 19.3 Å². The summed E-state index contributed by atoms with van der Waals surface area (Å²) in [5.41, 5.74) is 0. The highest BCUT2D eigenvalue weighted by Gasteiger charge is 2.19. The molecule has 0 saturated heterocycles. The van der Waals surface area contributed by atoms with Gasteiger partial charge in [0.1, 0.15) is 13.2 Å². The van der Waals surface area contributed by atoms with E-state index in [1.807, 2.05) is 0 Å². The molecule has 0 bridgehead atoms. The Morgan fingerprint density at radius 2 is 0.493 bits per heavy atom. The number of carbonyl (C=O) groups excluding carboxylic acids is 3. The molecule has 0 rings (SSSR count). The van der Waals surface area contributed by atoms with Crippen molar-refractivity contribution in [3.63, 3.8) is 0 Å². The van der Waals surface area contributed by atoms with Gasteiger partial charge in [-0.15, -0.1) is 0 Å². The normalized spacial score (nSPS) is 12.5. The Morgan fingerprint density at radius 1 is 0.274 bits per heavy atom. The van der Waals surface area contributed by atoms with Crippen LogP contribution < -0.4 is 0 Å². The zero-order chi connectivity index (χ0) is 52.9. The number of rotatable bonds is 57. The molecule has 0 saturated carbocycles. The zero-order valence-corrected chi connectivity index (χ0v) is 48.4. The third kappa shape index (κ3) is 59.6. The number of unbranched alkanes of at least 4 members (excludes halogenated alkanes) is 34. The van der Waals surface area contributed by atoms with Crippen molar-refractivity contribution < 1.29 is 28.6 Å². The van der Waals surface area contributed by atoms with Crippen LogP contribution in [-0.4, -0.2) is 37.2 Å². The number of carbonyl (C=O) groups is 3. The maximum Gasteiger partial charge on any atom is 0.306 e. The van der Waals surface area contributed by atoms with Crippen LogP contribution >= 0.6 is 0 Å². The maximum atomic E-state index is 12.9. The zero-order valence-electron chi connectivity index (χ0n) is 48.4. The van der Waals surface area contributed by atoms with Gasteiger partial charge < -0.3 is 14.2 Å². The third-order valence-corrected chi connectivity index (χ3v) is 13.7. The summed E-state index contributed by atoms with van der Waals surface area (Å²) in [4.78, 5) is 38.3. The van der Waals surface area contributed by atoms with Gasteiger partial charge in [-0.05, 0) is 116 Å². The van der Waals surface area contributed by atoms with Crippen LogP contribution in [0.2, 0.25) is 0 Å². The molecule has 0 spiro atoms. The fourth-order valence-electron chi connectivity index (χ4n) is 8.89. The Morgan fingerprint density at radius 3 is 0.808 bits per heavy atom. The van der Waals surface area contributed by atoms with Crippen molar-refractivity contribution in [1.82, 2.24) is 0 Å². The summed E-state index contributed by atoms with van der Waals surface area (Å²) in [5, 5.41) is 0. The lowest BCUT2D eigenvalue weighted by atomic mass is 10.1. The highest BCUT2D eigenvalue weighted by atomic mass is 16.6. The number of ether oxygens (including phenoxy) is 3. The number of hydrogen-bond acceptors (Lipinski definition) is 6. The Hall–Kier alpha value is -3.15. The standard InChI is InChI=1S/C67H118O6/c1-4-7-10-13-16-19-22-25-28-30-31-32-33-34-35-37-39-42-45-48-51-54-57-60-66(69)72-63-64(62-71-65(68)59-56-53-50-47-44-41-38-27-24-21-18-15-12-9-6-3)73-67(70)61-58-55-52-49-46-43-40-36-29-26-23-20-17-14-11-8-5-2/h17,20,22,25-27,29-31,33-34,38,64H,4-16,18-19,21,23-24,28,32,35-37,39-63H2,1-3H3/b20-17-,25-22-,29-26-,31-30-,34-33-,38-27-. The van der Waals surface area contributed by atoms with Crippen molar-refractivity contribution in [2.24, 2.45) is 0 Å². The molecule has 0 aliphatic carbocycles. The molecule has 0 aliphatic heterocycles. The van der Waals surface area contributed by atoms with E-state index in [2.05, 4.69) is 93.7 Å². The molecule has 1 unspecified atom stereocenters. The molecule has 0 aromatic heterocycles. The Kier molecular flexibility index (Phi) is 58.7. The van der Waals surface area contributed by atoms with E-state index in [9.17, 15) is 14.4 Å². The summed E-state index contributed by atoms with van der Waals surface area (Å²) >= 11 is 0. The van der Waals surface area contributed by atoms with Gasteiger partial charge in [-0.3, -0.25) is 14.4 Å². The number of hydrogen-bond donors (Lipinski definition) is 0. The molecule has 6 heteroatoms. The molecule has 0 amide bonds. The molecular weight excluding hydrogens is 901 g/mol. The van der Waals surface area contributed by atoms with E-state index < -0.39 is 6.10 Å². The van der Waals surface area contributed by atoms with Crippen LogP contribution in [0.3, 0.4) is 0 Å². The van der Waals surface area contributed by atoms with E-state index in [1.54, 1.807) is 0 Å². The largest absolute Gasteiger partial charge is 0.462 e. The highest BCUT2D eigenvalue weighted by molar-refractivity contribution is 5.71. The van der Waals surface area contributed by atoms with Gasteiger partial charge in [0.2, 0.25) is 0 Å². The van der Waals surface area contributed by atoms with Crippen LogP contribution in [0.25, 0.3) is 0 Å². The fourth-order valence-corrected chi connectivity index (χ4v) is 8.89. The monoisotopic (exact) mass is 1020 g/mol. The van der Waals surface area contributed by atoms with Gasteiger partial charge in [0.05, 0.1) is 0 Å². The molecule has 0 aliphatic rings. The Balaban J connectivity index is 4.38. The lowest BCUT2D eigenvalue weighted by Crippen LogP contribution is -2.30. The minimum absolute atomic E-state index is 0.0843. The van der Waals surface area contributed by atoms with E-state index in [1.165, 1.54) is 180 Å². The third-order valence-electron chi connectivity index (χ3n) is 13.7. The summed E-state index contributed by atoms with van der Waals surface area (Å²) in [5.74, 6) is -0.895. The van der Waals surface area contributed by atoms with Gasteiger partial charge in [-0.25, -0.2) is 0 Å². The molecule has 0 fully saturated rings. The molecule has 1 atom stereocenters. The van der Waals surface area contributed by atoms with Crippen LogP contribution in [0.5, 0.6) is 0 Å². The summed E-state index contributed by atoms with van der Waals surface area (Å²) < 4.78 is 16.9. The van der Waals surface area contributed by atoms with Crippen molar-refractivity contribution in [2.45, 2.75) is 322 Å². The summed E-state index contributed by atoms with van der Waals surface area (Å²) in [6.07, 6.45) is 78.9. The number of esters is 3. The molecule has 0 aromatic carbocycles. The van der Waals surface area contributed by atoms with E-state index in [0.29, 0.717) is 19.3 Å². The van der Waals surface area contributed by atoms with Crippen molar-refractivity contribution in [1.29, 1.82) is 0 Å². The van der Waals surface area contributed by atoms with Crippen LogP contribution in [-0.2, 0) is 28.6 Å². The van der Waals surface area contributed by atoms with E-state index >= 15 is 0 Å². The molecule has 73 heavy (non-hydrogen) atoms. The summed E-state index contributed by atoms with van der Waals surface area (Å²) in [7, 11) is 0. The van der Waals surface area contributed by atoms with Crippen LogP contribution in [0.15, 0.2) is 72.9 Å². The van der Waals surface area contributed by atoms with Gasteiger partial charge in [0.25, 0.3) is 0 Å². The van der Waals surface area contributed by atoms with E-state index in [4.69, 9.17) is 14.2 Å². The first kappa shape index (κ1) is 69.8. The van der Waals surface area contributed by atoms with Gasteiger partial charge in [-0.1, -0.05) is 254 Å². The second-order valence-corrected chi connectivity index (χ2v) is 21.0. The van der Waals surface area contributed by atoms with E-state index in [0.717, 1.165) is 96.3 Å². The quantitative estimate of drug-likeness (QED) is 0.0261. The fraction of sp³-hybridized carbons (Fsp3) is 0.776. The average Bonchev–Trinajstić information content (AvgIpc) is 3.39. The molecular formula is C67H118O6. The van der Waals surface area contributed by atoms with Gasteiger partial charge in [-0.2, -0.15) is 0 Å². The topological polar surface area (TPSA) is 78.9 Å². The molecule has 422 valence electrons. The van der Waals surface area contributed by atoms with Crippen molar-refractivity contribution in [2.75, 3.05) is 13.2 Å². The van der Waals surface area contributed by atoms with Crippen LogP contribution in [0.1, 0.15) is 316 Å². The first-order valence-electron chi connectivity index (χ1n) is 31.4. The first-order chi connectivity index (χ1) is 36.0. The average molecular weight is 1020 g/mol. The molecule has 0 N–H and O–H groups in total. The summed E-state index contributed by atoms with van der Waals surface area (Å²) in [6, 6.07) is 0. The second-order valence-electron chi connectivity index (χ2n) is 21.0. The lowest BCUT2D eigenvalue weighted by Gasteiger charge is -2.18.